The molecule has 7 heteroatoms. The highest BCUT2D eigenvalue weighted by Gasteiger charge is 2.13. The summed E-state index contributed by atoms with van der Waals surface area (Å²) in [7, 11) is -3.28. The number of fused-ring (bicyclic) bond motifs is 1. The number of nitrogens with zero attached hydrogens (tertiary/aromatic N) is 1. The number of aromatic amines is 1. The average molecular weight is 308 g/mol. The van der Waals surface area contributed by atoms with Crippen molar-refractivity contribution in [1.29, 1.82) is 0 Å². The number of halogens is 2. The second-order valence-corrected chi connectivity index (χ2v) is 6.66. The van der Waals surface area contributed by atoms with Crippen molar-refractivity contribution in [2.45, 2.75) is 4.90 Å². The monoisotopic (exact) mass is 308 g/mol. The molecule has 2 aromatic carbocycles. The van der Waals surface area contributed by atoms with Gasteiger partial charge in [-0.25, -0.2) is 22.2 Å². The molecule has 3 rings (SSSR count). The molecule has 1 heterocycles. The van der Waals surface area contributed by atoms with Crippen LogP contribution in [-0.2, 0) is 9.84 Å². The number of rotatable bonds is 2. The maximum atomic E-state index is 13.6. The van der Waals surface area contributed by atoms with Crippen molar-refractivity contribution < 1.29 is 17.2 Å². The van der Waals surface area contributed by atoms with Gasteiger partial charge in [0.15, 0.2) is 21.5 Å². The lowest BCUT2D eigenvalue weighted by Gasteiger charge is -1.99. The van der Waals surface area contributed by atoms with Crippen LogP contribution < -0.4 is 0 Å². The van der Waals surface area contributed by atoms with Gasteiger partial charge in [-0.1, -0.05) is 0 Å². The van der Waals surface area contributed by atoms with E-state index < -0.39 is 21.5 Å². The minimum Gasteiger partial charge on any atom is -0.338 e. The van der Waals surface area contributed by atoms with Crippen molar-refractivity contribution in [1.82, 2.24) is 9.97 Å². The molecule has 0 spiro atoms. The third kappa shape index (κ3) is 2.40. The van der Waals surface area contributed by atoms with Crippen LogP contribution in [0.5, 0.6) is 0 Å². The van der Waals surface area contributed by atoms with Crippen LogP contribution in [0.1, 0.15) is 0 Å². The topological polar surface area (TPSA) is 62.8 Å². The molecule has 0 atom stereocenters. The molecule has 0 aliphatic rings. The molecule has 0 saturated heterocycles. The highest BCUT2D eigenvalue weighted by Crippen LogP contribution is 2.24. The number of H-pyrrole nitrogens is 1. The van der Waals surface area contributed by atoms with E-state index in [1.54, 1.807) is 12.1 Å². The molecule has 0 aliphatic heterocycles. The van der Waals surface area contributed by atoms with E-state index in [-0.39, 0.29) is 10.4 Å². The normalized spacial score (nSPS) is 12.0. The molecule has 0 aliphatic carbocycles. The predicted molar refractivity (Wildman–Crippen MR) is 74.6 cm³/mol. The van der Waals surface area contributed by atoms with Gasteiger partial charge in [0.1, 0.15) is 11.3 Å². The minimum atomic E-state index is -3.28. The van der Waals surface area contributed by atoms with E-state index in [9.17, 15) is 17.2 Å². The van der Waals surface area contributed by atoms with Gasteiger partial charge in [-0.05, 0) is 36.4 Å². The van der Waals surface area contributed by atoms with Gasteiger partial charge in [0, 0.05) is 11.8 Å². The van der Waals surface area contributed by atoms with Gasteiger partial charge in [-0.2, -0.15) is 0 Å². The van der Waals surface area contributed by atoms with Crippen LogP contribution in [0.15, 0.2) is 41.3 Å². The van der Waals surface area contributed by atoms with E-state index in [1.165, 1.54) is 18.2 Å². The summed E-state index contributed by atoms with van der Waals surface area (Å²) < 4.78 is 49.5. The Balaban J connectivity index is 2.11. The summed E-state index contributed by atoms with van der Waals surface area (Å²) in [5, 5.41) is 0. The molecule has 4 nitrogen and oxygen atoms in total. The van der Waals surface area contributed by atoms with Crippen LogP contribution in [-0.4, -0.2) is 24.6 Å². The summed E-state index contributed by atoms with van der Waals surface area (Å²) in [6, 6.07) is 8.41. The maximum absolute atomic E-state index is 13.6. The molecule has 1 aromatic heterocycles. The van der Waals surface area contributed by atoms with Gasteiger partial charge < -0.3 is 4.98 Å². The van der Waals surface area contributed by atoms with Crippen LogP contribution in [0, 0.1) is 11.6 Å². The number of aromatic nitrogens is 2. The highest BCUT2D eigenvalue weighted by atomic mass is 32.2. The highest BCUT2D eigenvalue weighted by molar-refractivity contribution is 7.90. The zero-order valence-electron chi connectivity index (χ0n) is 10.9. The van der Waals surface area contributed by atoms with Crippen LogP contribution >= 0.6 is 0 Å². The fraction of sp³-hybridized carbons (Fsp3) is 0.0714. The summed E-state index contributed by atoms with van der Waals surface area (Å²) in [4.78, 5) is 7.07. The first-order valence-electron chi connectivity index (χ1n) is 6.00. The van der Waals surface area contributed by atoms with Crippen LogP contribution in [0.25, 0.3) is 22.4 Å². The van der Waals surface area contributed by atoms with Gasteiger partial charge in [0.2, 0.25) is 0 Å². The summed E-state index contributed by atoms with van der Waals surface area (Å²) in [5.41, 5.74) is 0.867. The second-order valence-electron chi connectivity index (χ2n) is 4.64. The van der Waals surface area contributed by atoms with Crippen molar-refractivity contribution in [3.8, 4) is 11.4 Å². The lowest BCUT2D eigenvalue weighted by atomic mass is 10.2. The van der Waals surface area contributed by atoms with E-state index in [1.807, 2.05) is 0 Å². The van der Waals surface area contributed by atoms with Gasteiger partial charge in [-0.3, -0.25) is 0 Å². The fourth-order valence-corrected chi connectivity index (χ4v) is 2.64. The molecular formula is C14H10F2N2O2S. The Morgan fingerprint density at radius 2 is 1.71 bits per heavy atom. The summed E-state index contributed by atoms with van der Waals surface area (Å²) in [5.74, 6) is -1.63. The Hall–Kier alpha value is -2.28. The predicted octanol–water partition coefficient (Wildman–Crippen LogP) is 2.91. The van der Waals surface area contributed by atoms with Crippen LogP contribution in [0.4, 0.5) is 8.78 Å². The molecule has 0 fully saturated rings. The summed E-state index contributed by atoms with van der Waals surface area (Å²) in [6.45, 7) is 0. The van der Waals surface area contributed by atoms with Crippen molar-refractivity contribution >= 4 is 20.9 Å². The van der Waals surface area contributed by atoms with Crippen LogP contribution in [0.3, 0.4) is 0 Å². The van der Waals surface area contributed by atoms with E-state index >= 15 is 0 Å². The van der Waals surface area contributed by atoms with Crippen molar-refractivity contribution in [2.24, 2.45) is 0 Å². The van der Waals surface area contributed by atoms with Crippen molar-refractivity contribution in [2.75, 3.05) is 6.26 Å². The standard InChI is InChI=1S/C14H10F2N2O2S/c1-21(19,20)9-4-2-8(3-5-9)14-17-11-7-6-10(15)12(16)13(11)18-14/h2-7H,1H3,(H,17,18). The van der Waals surface area contributed by atoms with Gasteiger partial charge in [0.05, 0.1) is 10.4 Å². The number of sulfone groups is 1. The van der Waals surface area contributed by atoms with E-state index in [4.69, 9.17) is 0 Å². The van der Waals surface area contributed by atoms with Gasteiger partial charge >= 0.3 is 0 Å². The molecule has 0 unspecified atom stereocenters. The SMILES string of the molecule is CS(=O)(=O)c1ccc(-c2nc3c(F)c(F)ccc3[nH]2)cc1. The number of benzene rings is 2. The number of nitrogens with one attached hydrogen (secondary N) is 1. The van der Waals surface area contributed by atoms with Crippen molar-refractivity contribution in [3.63, 3.8) is 0 Å². The third-order valence-corrected chi connectivity index (χ3v) is 4.23. The lowest BCUT2D eigenvalue weighted by Crippen LogP contribution is -1.96. The Kier molecular flexibility index (Phi) is 3.02. The largest absolute Gasteiger partial charge is 0.338 e. The first-order valence-corrected chi connectivity index (χ1v) is 7.89. The molecule has 1 N–H and O–H groups in total. The molecule has 0 saturated carbocycles. The maximum Gasteiger partial charge on any atom is 0.186 e. The lowest BCUT2D eigenvalue weighted by molar-refractivity contribution is 0.515. The Labute approximate surface area is 119 Å². The Morgan fingerprint density at radius 1 is 1.05 bits per heavy atom. The molecular weight excluding hydrogens is 298 g/mol. The summed E-state index contributed by atoms with van der Waals surface area (Å²) >= 11 is 0. The molecule has 108 valence electrons. The van der Waals surface area contributed by atoms with E-state index in [0.717, 1.165) is 12.3 Å². The minimum absolute atomic E-state index is 0.0859. The molecule has 0 amide bonds. The Bertz CT molecular complexity index is 932. The Morgan fingerprint density at radius 3 is 2.33 bits per heavy atom. The fourth-order valence-electron chi connectivity index (χ4n) is 2.01. The third-order valence-electron chi connectivity index (χ3n) is 3.10. The average Bonchev–Trinajstić information content (AvgIpc) is 2.87. The first kappa shape index (κ1) is 13.7. The van der Waals surface area contributed by atoms with Crippen LogP contribution in [0.2, 0.25) is 0 Å². The quantitative estimate of drug-likeness (QED) is 0.792. The van der Waals surface area contributed by atoms with E-state index in [0.29, 0.717) is 16.9 Å². The summed E-state index contributed by atoms with van der Waals surface area (Å²) in [6.07, 6.45) is 1.11. The van der Waals surface area contributed by atoms with E-state index in [2.05, 4.69) is 9.97 Å². The molecule has 21 heavy (non-hydrogen) atoms. The molecule has 0 radical (unpaired) electrons. The zero-order chi connectivity index (χ0) is 15.2. The smallest absolute Gasteiger partial charge is 0.186 e. The zero-order valence-corrected chi connectivity index (χ0v) is 11.7. The molecule has 0 bridgehead atoms. The number of hydrogen-bond acceptors (Lipinski definition) is 3. The first-order chi connectivity index (χ1) is 9.86. The molecule has 3 aromatic rings. The van der Waals surface area contributed by atoms with Gasteiger partial charge in [-0.15, -0.1) is 0 Å². The number of hydrogen-bond donors (Lipinski definition) is 1. The number of imidazole rings is 1. The van der Waals surface area contributed by atoms with Crippen molar-refractivity contribution in [3.05, 3.63) is 48.0 Å². The second kappa shape index (κ2) is 4.63. The van der Waals surface area contributed by atoms with Gasteiger partial charge in [0.25, 0.3) is 0 Å².